The van der Waals surface area contributed by atoms with Crippen LogP contribution in [0.3, 0.4) is 0 Å². The maximum absolute atomic E-state index is 9.15. The number of hydrogen-bond acceptors (Lipinski definition) is 2. The average Bonchev–Trinajstić information content (AvgIpc) is 2.47. The van der Waals surface area contributed by atoms with Crippen LogP contribution in [-0.2, 0) is 0 Å². The van der Waals surface area contributed by atoms with E-state index in [1.807, 2.05) is 18.3 Å². The third kappa shape index (κ3) is 2.02. The van der Waals surface area contributed by atoms with E-state index in [4.69, 9.17) is 5.11 Å². The van der Waals surface area contributed by atoms with Gasteiger partial charge in [0.25, 0.3) is 0 Å². The maximum atomic E-state index is 9.15. The summed E-state index contributed by atoms with van der Waals surface area (Å²) in [6, 6.07) is 7.04. The molecule has 1 heterocycles. The van der Waals surface area contributed by atoms with Crippen molar-refractivity contribution in [1.82, 2.24) is 7.99 Å². The summed E-state index contributed by atoms with van der Waals surface area (Å²) in [6.45, 7) is 0. The Kier molecular flexibility index (Phi) is 2.96. The first-order valence-electron chi connectivity index (χ1n) is 3.87. The molecule has 0 aliphatic carbocycles. The summed E-state index contributed by atoms with van der Waals surface area (Å²) in [6.07, 6.45) is 1.95. The second-order valence-electron chi connectivity index (χ2n) is 2.76. The third-order valence-electron chi connectivity index (χ3n) is 1.78. The van der Waals surface area contributed by atoms with Gasteiger partial charge in [0.2, 0.25) is 0 Å². The lowest BCUT2D eigenvalue weighted by atomic mass is 10.1. The Morgan fingerprint density at radius 1 is 1.21 bits per heavy atom. The molecular formula is C9H6I2N2O. The van der Waals surface area contributed by atoms with Crippen molar-refractivity contribution in [3.8, 4) is 17.0 Å². The van der Waals surface area contributed by atoms with Crippen LogP contribution >= 0.6 is 45.5 Å². The van der Waals surface area contributed by atoms with Crippen LogP contribution in [-0.4, -0.2) is 13.1 Å². The second kappa shape index (κ2) is 4.05. The Hall–Kier alpha value is -0.310. The van der Waals surface area contributed by atoms with Crippen molar-refractivity contribution >= 4 is 45.5 Å². The van der Waals surface area contributed by atoms with E-state index in [0.717, 1.165) is 14.8 Å². The van der Waals surface area contributed by atoms with Gasteiger partial charge in [0.15, 0.2) is 0 Å². The molecule has 2 aromatic rings. The highest BCUT2D eigenvalue weighted by atomic mass is 127. The lowest BCUT2D eigenvalue weighted by molar-refractivity contribution is 0.475. The molecule has 0 bridgehead atoms. The Morgan fingerprint density at radius 3 is 2.36 bits per heavy atom. The van der Waals surface area contributed by atoms with E-state index in [9.17, 15) is 0 Å². The summed E-state index contributed by atoms with van der Waals surface area (Å²) in [5.41, 5.74) is 1.96. The first-order valence-corrected chi connectivity index (χ1v) is 5.92. The molecule has 1 aromatic heterocycles. The number of benzene rings is 1. The minimum absolute atomic E-state index is 0.276. The first kappa shape index (κ1) is 10.2. The van der Waals surface area contributed by atoms with Gasteiger partial charge in [0, 0.05) is 5.56 Å². The second-order valence-corrected chi connectivity index (χ2v) is 4.91. The Balaban J connectivity index is 2.49. The predicted molar refractivity (Wildman–Crippen MR) is 71.5 cm³/mol. The van der Waals surface area contributed by atoms with Gasteiger partial charge in [-0.1, -0.05) is 0 Å². The van der Waals surface area contributed by atoms with Crippen molar-refractivity contribution in [2.45, 2.75) is 0 Å². The van der Waals surface area contributed by atoms with Gasteiger partial charge >= 0.3 is 0 Å². The van der Waals surface area contributed by atoms with Gasteiger partial charge in [-0.05, 0) is 46.9 Å². The largest absolute Gasteiger partial charge is 0.508 e. The van der Waals surface area contributed by atoms with Gasteiger partial charge in [0.1, 0.15) is 11.4 Å². The van der Waals surface area contributed by atoms with Crippen LogP contribution in [0.1, 0.15) is 0 Å². The monoisotopic (exact) mass is 412 g/mol. The van der Waals surface area contributed by atoms with Crippen molar-refractivity contribution in [3.05, 3.63) is 34.0 Å². The number of aromatic hydroxyl groups is 1. The average molecular weight is 412 g/mol. The number of rotatable bonds is 1. The fraction of sp³-hybridized carbons (Fsp3) is 0. The van der Waals surface area contributed by atoms with Crippen LogP contribution in [0.15, 0.2) is 30.5 Å². The topological polar surface area (TPSA) is 38.1 Å². The smallest absolute Gasteiger partial charge is 0.115 e. The van der Waals surface area contributed by atoms with Gasteiger partial charge < -0.3 is 5.11 Å². The van der Waals surface area contributed by atoms with Crippen LogP contribution < -0.4 is 0 Å². The zero-order valence-electron chi connectivity index (χ0n) is 6.98. The van der Waals surface area contributed by atoms with E-state index in [2.05, 4.69) is 50.6 Å². The summed E-state index contributed by atoms with van der Waals surface area (Å²) in [7, 11) is 0. The maximum Gasteiger partial charge on any atom is 0.115 e. The summed E-state index contributed by atoms with van der Waals surface area (Å²) in [5.74, 6) is 0.276. The lowest BCUT2D eigenvalue weighted by Crippen LogP contribution is -1.82. The van der Waals surface area contributed by atoms with Gasteiger partial charge in [-0.15, -0.1) is 0 Å². The molecule has 0 unspecified atom stereocenters. The Bertz CT molecular complexity index is 450. The highest BCUT2D eigenvalue weighted by molar-refractivity contribution is 14.1. The third-order valence-corrected chi connectivity index (χ3v) is 3.07. The molecule has 14 heavy (non-hydrogen) atoms. The Morgan fingerprint density at radius 2 is 1.86 bits per heavy atom. The molecule has 0 atom stereocenters. The van der Waals surface area contributed by atoms with Gasteiger partial charge in [-0.3, -0.25) is 0 Å². The number of hydrogen-bond donors (Lipinski definition) is 1. The zero-order valence-corrected chi connectivity index (χ0v) is 11.3. The van der Waals surface area contributed by atoms with E-state index < -0.39 is 0 Å². The molecule has 0 saturated carbocycles. The Labute approximate surface area is 109 Å². The van der Waals surface area contributed by atoms with Crippen LogP contribution in [0.2, 0.25) is 0 Å². The zero-order chi connectivity index (χ0) is 10.1. The number of aromatic nitrogens is 2. The molecule has 1 N–H and O–H groups in total. The summed E-state index contributed by atoms with van der Waals surface area (Å²) in [4.78, 5) is 0. The molecule has 0 saturated heterocycles. The highest BCUT2D eigenvalue weighted by Crippen LogP contribution is 2.25. The van der Waals surface area contributed by atoms with E-state index in [-0.39, 0.29) is 5.75 Å². The molecule has 0 spiro atoms. The highest BCUT2D eigenvalue weighted by Gasteiger charge is 2.07. The van der Waals surface area contributed by atoms with E-state index >= 15 is 0 Å². The van der Waals surface area contributed by atoms with Crippen molar-refractivity contribution in [3.63, 3.8) is 0 Å². The van der Waals surface area contributed by atoms with Gasteiger partial charge in [-0.25, -0.2) is 2.90 Å². The molecule has 3 nitrogen and oxygen atoms in total. The van der Waals surface area contributed by atoms with Crippen molar-refractivity contribution in [2.24, 2.45) is 0 Å². The van der Waals surface area contributed by atoms with Crippen molar-refractivity contribution < 1.29 is 5.11 Å². The number of phenols is 1. The molecule has 1 aromatic carbocycles. The number of phenolic OH excluding ortho intramolecular Hbond substituents is 1. The van der Waals surface area contributed by atoms with Gasteiger partial charge in [0.05, 0.1) is 32.6 Å². The van der Waals surface area contributed by atoms with E-state index in [1.165, 1.54) is 0 Å². The summed E-state index contributed by atoms with van der Waals surface area (Å²) >= 11 is 4.35. The molecular weight excluding hydrogens is 406 g/mol. The molecule has 0 fully saturated rings. The number of nitrogens with zero attached hydrogens (tertiary/aromatic N) is 2. The molecule has 72 valence electrons. The van der Waals surface area contributed by atoms with E-state index in [0.29, 0.717) is 0 Å². The molecule has 5 heteroatoms. The SMILES string of the molecule is Oc1ccc(-c2nn(I)cc2I)cc1. The minimum Gasteiger partial charge on any atom is -0.508 e. The molecule has 0 aliphatic rings. The van der Waals surface area contributed by atoms with Crippen LogP contribution in [0.5, 0.6) is 5.75 Å². The molecule has 0 amide bonds. The van der Waals surface area contributed by atoms with Gasteiger partial charge in [-0.2, -0.15) is 5.10 Å². The van der Waals surface area contributed by atoms with Crippen molar-refractivity contribution in [2.75, 3.05) is 0 Å². The fourth-order valence-electron chi connectivity index (χ4n) is 1.14. The van der Waals surface area contributed by atoms with Crippen molar-refractivity contribution in [1.29, 1.82) is 0 Å². The van der Waals surface area contributed by atoms with Crippen LogP contribution in [0, 0.1) is 3.57 Å². The summed E-state index contributed by atoms with van der Waals surface area (Å²) in [5, 5.41) is 13.5. The number of halogens is 2. The molecule has 0 radical (unpaired) electrons. The van der Waals surface area contributed by atoms with Crippen LogP contribution in [0.25, 0.3) is 11.3 Å². The normalized spacial score (nSPS) is 10.4. The molecule has 0 aliphatic heterocycles. The first-order chi connectivity index (χ1) is 6.66. The quantitative estimate of drug-likeness (QED) is 0.732. The molecule has 2 rings (SSSR count). The fourth-order valence-corrected chi connectivity index (χ4v) is 2.85. The van der Waals surface area contributed by atoms with Crippen LogP contribution in [0.4, 0.5) is 0 Å². The summed E-state index contributed by atoms with van der Waals surface area (Å²) < 4.78 is 2.85. The van der Waals surface area contributed by atoms with E-state index in [1.54, 1.807) is 15.0 Å². The predicted octanol–water partition coefficient (Wildman–Crippen LogP) is 3.06. The minimum atomic E-state index is 0.276. The standard InChI is InChI=1S/C9H6I2N2O/c10-8-5-13(11)12-9(8)6-1-3-7(14)4-2-6/h1-5,14H. The lowest BCUT2D eigenvalue weighted by Gasteiger charge is -1.97.